The number of ether oxygens (including phenoxy) is 2. The molecule has 0 radical (unpaired) electrons. The Morgan fingerprint density at radius 1 is 1.07 bits per heavy atom. The molecule has 5 atom stereocenters. The lowest BCUT2D eigenvalue weighted by molar-refractivity contribution is -0.385. The summed E-state index contributed by atoms with van der Waals surface area (Å²) in [6.45, 7) is -0.174. The van der Waals surface area contributed by atoms with E-state index in [-0.39, 0.29) is 12.3 Å². The van der Waals surface area contributed by atoms with Crippen molar-refractivity contribution in [2.24, 2.45) is 0 Å². The molecule has 1 saturated heterocycles. The first-order valence-electron chi connectivity index (χ1n) is 8.21. The van der Waals surface area contributed by atoms with Gasteiger partial charge in [-0.1, -0.05) is 24.3 Å². The Hall–Kier alpha value is -2.56. The maximum Gasteiger partial charge on any atom is 0.269 e. The standard InChI is InChI=1S/C18H19NO8/c20-14-9-26-18(17(23)16(14)22)27-13-6-4-10(5-7-13)15(21)11-2-1-3-12(8-11)19(24)25/h1-8,14-18,20-23H,9H2/t14-,15?,16+,17-,18+/m1/s1. The van der Waals surface area contributed by atoms with Crippen molar-refractivity contribution in [2.75, 3.05) is 6.61 Å². The summed E-state index contributed by atoms with van der Waals surface area (Å²) in [6, 6.07) is 11.9. The van der Waals surface area contributed by atoms with Crippen molar-refractivity contribution in [1.29, 1.82) is 0 Å². The third-order valence-corrected chi connectivity index (χ3v) is 4.30. The van der Waals surface area contributed by atoms with Crippen molar-refractivity contribution in [1.82, 2.24) is 0 Å². The molecule has 0 spiro atoms. The highest BCUT2D eigenvalue weighted by Gasteiger charge is 2.39. The number of hydrogen-bond acceptors (Lipinski definition) is 8. The fourth-order valence-corrected chi connectivity index (χ4v) is 2.75. The highest BCUT2D eigenvalue weighted by atomic mass is 16.7. The van der Waals surface area contributed by atoms with E-state index in [1.54, 1.807) is 18.2 Å². The molecule has 1 aliphatic heterocycles. The lowest BCUT2D eigenvalue weighted by atomic mass is 10.0. The zero-order valence-electron chi connectivity index (χ0n) is 14.1. The zero-order valence-corrected chi connectivity index (χ0v) is 14.1. The fourth-order valence-electron chi connectivity index (χ4n) is 2.75. The summed E-state index contributed by atoms with van der Waals surface area (Å²) in [5.74, 6) is 0.317. The van der Waals surface area contributed by atoms with E-state index >= 15 is 0 Å². The second-order valence-electron chi connectivity index (χ2n) is 6.19. The Morgan fingerprint density at radius 3 is 2.44 bits per heavy atom. The smallest absolute Gasteiger partial charge is 0.269 e. The van der Waals surface area contributed by atoms with Crippen LogP contribution in [-0.2, 0) is 4.74 Å². The first-order chi connectivity index (χ1) is 12.9. The van der Waals surface area contributed by atoms with Gasteiger partial charge in [0.25, 0.3) is 5.69 Å². The molecule has 3 rings (SSSR count). The largest absolute Gasteiger partial charge is 0.462 e. The Balaban J connectivity index is 1.70. The lowest BCUT2D eigenvalue weighted by Gasteiger charge is -2.34. The molecule has 1 heterocycles. The van der Waals surface area contributed by atoms with E-state index in [1.807, 2.05) is 0 Å². The number of non-ortho nitro benzene ring substituents is 1. The van der Waals surface area contributed by atoms with Crippen LogP contribution in [0.1, 0.15) is 17.2 Å². The van der Waals surface area contributed by atoms with E-state index in [9.17, 15) is 30.5 Å². The maximum atomic E-state index is 10.9. The van der Waals surface area contributed by atoms with Gasteiger partial charge < -0.3 is 29.9 Å². The Labute approximate surface area is 154 Å². The number of nitro benzene ring substituents is 1. The van der Waals surface area contributed by atoms with Crippen LogP contribution in [0.3, 0.4) is 0 Å². The van der Waals surface area contributed by atoms with Gasteiger partial charge in [0.15, 0.2) is 0 Å². The molecule has 144 valence electrons. The predicted molar refractivity (Wildman–Crippen MR) is 92.0 cm³/mol. The number of aliphatic hydroxyl groups excluding tert-OH is 4. The lowest BCUT2D eigenvalue weighted by Crippen LogP contribution is -2.54. The Bertz CT molecular complexity index is 796. The van der Waals surface area contributed by atoms with Crippen LogP contribution in [0, 0.1) is 10.1 Å². The zero-order chi connectivity index (χ0) is 19.6. The van der Waals surface area contributed by atoms with Crippen molar-refractivity contribution in [3.05, 3.63) is 69.8 Å². The number of benzene rings is 2. The quantitative estimate of drug-likeness (QED) is 0.436. The van der Waals surface area contributed by atoms with Crippen LogP contribution >= 0.6 is 0 Å². The van der Waals surface area contributed by atoms with E-state index in [2.05, 4.69) is 0 Å². The van der Waals surface area contributed by atoms with Crippen molar-refractivity contribution in [3.63, 3.8) is 0 Å². The van der Waals surface area contributed by atoms with Crippen LogP contribution in [0.4, 0.5) is 5.69 Å². The summed E-state index contributed by atoms with van der Waals surface area (Å²) in [4.78, 5) is 10.3. The number of aliphatic hydroxyl groups is 4. The number of nitrogens with zero attached hydrogens (tertiary/aromatic N) is 1. The SMILES string of the molecule is O=[N+]([O-])c1cccc(C(O)c2ccc(O[C@@H]3OC[C@@H](O)[C@H](O)[C@H]3O)cc2)c1. The highest BCUT2D eigenvalue weighted by Crippen LogP contribution is 2.27. The normalized spacial score (nSPS) is 26.4. The summed E-state index contributed by atoms with van der Waals surface area (Å²) in [6.07, 6.45) is -6.18. The van der Waals surface area contributed by atoms with E-state index in [0.29, 0.717) is 16.9 Å². The molecule has 1 unspecified atom stereocenters. The molecule has 0 bridgehead atoms. The first-order valence-corrected chi connectivity index (χ1v) is 8.21. The summed E-state index contributed by atoms with van der Waals surface area (Å²) in [5.41, 5.74) is 0.750. The maximum absolute atomic E-state index is 10.9. The molecule has 9 heteroatoms. The molecule has 9 nitrogen and oxygen atoms in total. The van der Waals surface area contributed by atoms with Gasteiger partial charge in [0.2, 0.25) is 6.29 Å². The summed E-state index contributed by atoms with van der Waals surface area (Å²) in [5, 5.41) is 50.3. The average Bonchev–Trinajstić information content (AvgIpc) is 2.68. The van der Waals surface area contributed by atoms with Crippen molar-refractivity contribution in [2.45, 2.75) is 30.7 Å². The summed E-state index contributed by atoms with van der Waals surface area (Å²) in [7, 11) is 0. The number of nitro groups is 1. The van der Waals surface area contributed by atoms with Crippen LogP contribution in [0.25, 0.3) is 0 Å². The summed E-state index contributed by atoms with van der Waals surface area (Å²) < 4.78 is 10.6. The van der Waals surface area contributed by atoms with E-state index < -0.39 is 35.6 Å². The van der Waals surface area contributed by atoms with Crippen LogP contribution < -0.4 is 4.74 Å². The second-order valence-corrected chi connectivity index (χ2v) is 6.19. The third-order valence-electron chi connectivity index (χ3n) is 4.30. The van der Waals surface area contributed by atoms with Crippen molar-refractivity contribution in [3.8, 4) is 5.75 Å². The predicted octanol–water partition coefficient (Wildman–Crippen LogP) is 0.494. The molecule has 2 aromatic rings. The number of rotatable bonds is 5. The van der Waals surface area contributed by atoms with Crippen LogP contribution in [0.15, 0.2) is 48.5 Å². The third kappa shape index (κ3) is 4.24. The van der Waals surface area contributed by atoms with Gasteiger partial charge in [0, 0.05) is 12.1 Å². The molecular weight excluding hydrogens is 358 g/mol. The van der Waals surface area contributed by atoms with Crippen LogP contribution in [0.5, 0.6) is 5.75 Å². The van der Waals surface area contributed by atoms with Crippen LogP contribution in [0.2, 0.25) is 0 Å². The molecule has 0 amide bonds. The molecule has 0 saturated carbocycles. The van der Waals surface area contributed by atoms with E-state index in [1.165, 1.54) is 30.3 Å². The first kappa shape index (κ1) is 19.2. The Morgan fingerprint density at radius 2 is 1.78 bits per heavy atom. The van der Waals surface area contributed by atoms with Gasteiger partial charge in [-0.25, -0.2) is 0 Å². The van der Waals surface area contributed by atoms with Crippen molar-refractivity contribution < 1.29 is 34.8 Å². The highest BCUT2D eigenvalue weighted by molar-refractivity contribution is 5.40. The second kappa shape index (κ2) is 7.99. The molecule has 1 fully saturated rings. The van der Waals surface area contributed by atoms with Gasteiger partial charge in [0.05, 0.1) is 11.5 Å². The van der Waals surface area contributed by atoms with Gasteiger partial charge >= 0.3 is 0 Å². The van der Waals surface area contributed by atoms with Crippen molar-refractivity contribution >= 4 is 5.69 Å². The molecule has 0 aromatic heterocycles. The molecule has 4 N–H and O–H groups in total. The fraction of sp³-hybridized carbons (Fsp3) is 0.333. The topological polar surface area (TPSA) is 143 Å². The van der Waals surface area contributed by atoms with Gasteiger partial charge in [-0.3, -0.25) is 10.1 Å². The molecule has 27 heavy (non-hydrogen) atoms. The van der Waals surface area contributed by atoms with E-state index in [4.69, 9.17) is 9.47 Å². The van der Waals surface area contributed by atoms with E-state index in [0.717, 1.165) is 0 Å². The minimum atomic E-state index is -1.41. The van der Waals surface area contributed by atoms with Gasteiger partial charge in [-0.05, 0) is 23.3 Å². The summed E-state index contributed by atoms with van der Waals surface area (Å²) >= 11 is 0. The van der Waals surface area contributed by atoms with Gasteiger partial charge in [-0.15, -0.1) is 0 Å². The minimum Gasteiger partial charge on any atom is -0.462 e. The molecule has 2 aromatic carbocycles. The number of hydrogen-bond donors (Lipinski definition) is 4. The molecular formula is C18H19NO8. The van der Waals surface area contributed by atoms with Crippen LogP contribution in [-0.4, -0.2) is 56.6 Å². The molecule has 0 aliphatic carbocycles. The Kier molecular flexibility index (Phi) is 5.68. The molecule has 1 aliphatic rings. The van der Waals surface area contributed by atoms with Gasteiger partial charge in [-0.2, -0.15) is 0 Å². The van der Waals surface area contributed by atoms with Gasteiger partial charge in [0.1, 0.15) is 30.2 Å². The average molecular weight is 377 g/mol. The monoisotopic (exact) mass is 377 g/mol. The minimum absolute atomic E-state index is 0.115.